The highest BCUT2D eigenvalue weighted by atomic mass is 35.5. The molecule has 3 atom stereocenters. The first-order valence-corrected chi connectivity index (χ1v) is 12.3. The van der Waals surface area contributed by atoms with E-state index in [-0.39, 0.29) is 16.5 Å². The molecule has 0 aliphatic heterocycles. The van der Waals surface area contributed by atoms with E-state index in [1.807, 2.05) is 0 Å². The third-order valence-electron chi connectivity index (χ3n) is 6.21. The lowest BCUT2D eigenvalue weighted by Crippen LogP contribution is -2.57. The number of carbonyl (C=O) groups excluding carboxylic acids is 1. The van der Waals surface area contributed by atoms with E-state index in [0.717, 1.165) is 31.9 Å². The zero-order valence-corrected chi connectivity index (χ0v) is 17.1. The average Bonchev–Trinajstić information content (AvgIpc) is 2.91. The van der Waals surface area contributed by atoms with Crippen LogP contribution in [0.3, 0.4) is 0 Å². The Bertz CT molecular complexity index is 820. The second kappa shape index (κ2) is 6.19. The second-order valence-electron chi connectivity index (χ2n) is 8.66. The number of rotatable bonds is 5. The topological polar surface area (TPSA) is 83.5 Å². The maximum atomic E-state index is 13.2. The molecular weight excluding hydrogens is 394 g/mol. The summed E-state index contributed by atoms with van der Waals surface area (Å²) in [6, 6.07) is 1.68. The molecule has 0 saturated heterocycles. The fourth-order valence-corrected chi connectivity index (χ4v) is 8.00. The Labute approximate surface area is 163 Å². The summed E-state index contributed by atoms with van der Waals surface area (Å²) < 4.78 is 23.0. The molecule has 3 unspecified atom stereocenters. The summed E-state index contributed by atoms with van der Waals surface area (Å²) in [5.74, 6) is 0.676. The Morgan fingerprint density at radius 3 is 2.62 bits per heavy atom. The molecule has 26 heavy (non-hydrogen) atoms. The van der Waals surface area contributed by atoms with E-state index in [4.69, 9.17) is 11.6 Å². The highest BCUT2D eigenvalue weighted by molar-refractivity contribution is 7.90. The van der Waals surface area contributed by atoms with E-state index in [0.29, 0.717) is 28.8 Å². The zero-order chi connectivity index (χ0) is 18.7. The number of amides is 1. The number of hydrogen-bond donors (Lipinski definition) is 2. The van der Waals surface area contributed by atoms with Gasteiger partial charge in [0.15, 0.2) is 0 Å². The van der Waals surface area contributed by atoms with Crippen LogP contribution in [0.4, 0.5) is 5.00 Å². The molecule has 1 amide bonds. The number of anilines is 1. The van der Waals surface area contributed by atoms with Crippen LogP contribution in [0.5, 0.6) is 0 Å². The molecule has 5 nitrogen and oxygen atoms in total. The minimum absolute atomic E-state index is 0.0214. The maximum Gasteiger partial charge on any atom is 0.231 e. The molecule has 0 radical (unpaired) electrons. The van der Waals surface area contributed by atoms with Gasteiger partial charge in [0.1, 0.15) is 14.8 Å². The van der Waals surface area contributed by atoms with Gasteiger partial charge >= 0.3 is 0 Å². The summed E-state index contributed by atoms with van der Waals surface area (Å²) in [5.41, 5.74) is 0.0496. The monoisotopic (exact) mass is 417 g/mol. The van der Waals surface area contributed by atoms with Crippen molar-refractivity contribution in [3.63, 3.8) is 0 Å². The van der Waals surface area contributed by atoms with E-state index in [1.165, 1.54) is 17.8 Å². The van der Waals surface area contributed by atoms with E-state index >= 15 is 0 Å². The fourth-order valence-electron chi connectivity index (χ4n) is 5.71. The third kappa shape index (κ3) is 3.43. The van der Waals surface area contributed by atoms with E-state index < -0.39 is 21.4 Å². The number of alkyl halides is 1. The first-order chi connectivity index (χ1) is 12.1. The van der Waals surface area contributed by atoms with Crippen LogP contribution in [0.25, 0.3) is 0 Å². The normalized spacial score (nSPS) is 36.9. The molecule has 0 spiro atoms. The lowest BCUT2D eigenvalue weighted by molar-refractivity contribution is -0.138. The van der Waals surface area contributed by atoms with Crippen LogP contribution in [0.2, 0.25) is 0 Å². The molecule has 1 aromatic heterocycles. The van der Waals surface area contributed by atoms with Crippen LogP contribution in [0.15, 0.2) is 11.4 Å². The molecule has 1 heterocycles. The highest BCUT2D eigenvalue weighted by Crippen LogP contribution is 2.64. The zero-order valence-electron chi connectivity index (χ0n) is 14.7. The minimum Gasteiger partial charge on any atom is -0.387 e. The Hall–Kier alpha value is -0.630. The summed E-state index contributed by atoms with van der Waals surface area (Å²) in [7, 11) is -3.32. The lowest BCUT2D eigenvalue weighted by Gasteiger charge is -2.59. The number of hydrogen-bond acceptors (Lipinski definition) is 5. The smallest absolute Gasteiger partial charge is 0.231 e. The molecule has 0 aromatic carbocycles. The summed E-state index contributed by atoms with van der Waals surface area (Å²) in [5, 5.41) is 15.6. The first kappa shape index (κ1) is 18.7. The molecular formula is C18H24ClNO4S2. The number of nitrogens with one attached hydrogen (secondary N) is 1. The summed E-state index contributed by atoms with van der Waals surface area (Å²) in [4.78, 5) is 13.0. The molecule has 5 rings (SSSR count). The molecule has 8 heteroatoms. The molecule has 4 fully saturated rings. The Morgan fingerprint density at radius 1 is 1.38 bits per heavy atom. The molecule has 144 valence electrons. The van der Waals surface area contributed by atoms with Crippen LogP contribution in [0, 0.1) is 17.3 Å². The molecule has 4 bridgehead atoms. The number of thiophene rings is 1. The predicted octanol–water partition coefficient (Wildman–Crippen LogP) is 3.34. The van der Waals surface area contributed by atoms with Gasteiger partial charge < -0.3 is 10.4 Å². The number of halogens is 1. The molecule has 4 saturated carbocycles. The van der Waals surface area contributed by atoms with Crippen molar-refractivity contribution in [3.05, 3.63) is 17.0 Å². The highest BCUT2D eigenvalue weighted by Gasteiger charge is 2.60. The number of aliphatic hydroxyl groups excluding tert-OH is 1. The largest absolute Gasteiger partial charge is 0.387 e. The number of carbonyl (C=O) groups is 1. The van der Waals surface area contributed by atoms with E-state index in [2.05, 4.69) is 5.32 Å². The summed E-state index contributed by atoms with van der Waals surface area (Å²) in [6.45, 7) is 0. The molecule has 4 aliphatic rings. The summed E-state index contributed by atoms with van der Waals surface area (Å²) >= 11 is 8.13. The van der Waals surface area contributed by atoms with Gasteiger partial charge in [-0.05, 0) is 61.8 Å². The van der Waals surface area contributed by atoms with Gasteiger partial charge in [-0.25, -0.2) is 8.42 Å². The average molecular weight is 418 g/mol. The van der Waals surface area contributed by atoms with Crippen LogP contribution in [0.1, 0.15) is 50.2 Å². The quantitative estimate of drug-likeness (QED) is 0.719. The van der Waals surface area contributed by atoms with Crippen molar-refractivity contribution in [2.24, 2.45) is 17.3 Å². The van der Waals surface area contributed by atoms with Crippen LogP contribution < -0.4 is 5.32 Å². The molecule has 2 N–H and O–H groups in total. The van der Waals surface area contributed by atoms with Crippen molar-refractivity contribution < 1.29 is 18.3 Å². The van der Waals surface area contributed by atoms with E-state index in [9.17, 15) is 18.3 Å². The number of sulfone groups is 1. The maximum absolute atomic E-state index is 13.2. The van der Waals surface area contributed by atoms with Gasteiger partial charge in [-0.15, -0.1) is 22.9 Å². The summed E-state index contributed by atoms with van der Waals surface area (Å²) in [6.07, 6.45) is 5.65. The van der Waals surface area contributed by atoms with Crippen molar-refractivity contribution in [3.8, 4) is 0 Å². The predicted molar refractivity (Wildman–Crippen MR) is 103 cm³/mol. The molecule has 1 aromatic rings. The van der Waals surface area contributed by atoms with Gasteiger partial charge in [0, 0.05) is 16.7 Å². The van der Waals surface area contributed by atoms with Crippen LogP contribution >= 0.6 is 22.9 Å². The van der Waals surface area contributed by atoms with E-state index in [1.54, 1.807) is 11.4 Å². The second-order valence-corrected chi connectivity index (χ2v) is 12.6. The SMILES string of the molecule is CS(=O)(=O)CC(O)c1ccsc1NC(=O)C12CC3CC(CC(Cl)(C3)C1)C2. The Kier molecular flexibility index (Phi) is 4.46. The Morgan fingerprint density at radius 2 is 2.04 bits per heavy atom. The fraction of sp³-hybridized carbons (Fsp3) is 0.722. The molecule has 4 aliphatic carbocycles. The van der Waals surface area contributed by atoms with Crippen LogP contribution in [-0.4, -0.2) is 36.3 Å². The van der Waals surface area contributed by atoms with Gasteiger partial charge in [-0.3, -0.25) is 4.79 Å². The Balaban J connectivity index is 1.54. The van der Waals surface area contributed by atoms with Crippen molar-refractivity contribution in [2.75, 3.05) is 17.3 Å². The lowest BCUT2D eigenvalue weighted by atomic mass is 9.49. The van der Waals surface area contributed by atoms with Crippen molar-refractivity contribution in [1.29, 1.82) is 0 Å². The van der Waals surface area contributed by atoms with Gasteiger partial charge in [-0.1, -0.05) is 0 Å². The third-order valence-corrected chi connectivity index (χ3v) is 8.42. The number of aliphatic hydroxyl groups is 1. The standard InChI is InChI=1S/C18H24ClNO4S2/c1-26(23,24)9-14(21)13-2-3-25-15(13)20-16(22)17-5-11-4-12(6-17)8-18(19,7-11)10-17/h2-3,11-12,14,21H,4-10H2,1H3,(H,20,22). The van der Waals surface area contributed by atoms with Gasteiger partial charge in [-0.2, -0.15) is 0 Å². The minimum atomic E-state index is -3.32. The first-order valence-electron chi connectivity index (χ1n) is 9.01. The van der Waals surface area contributed by atoms with Crippen LogP contribution in [-0.2, 0) is 14.6 Å². The van der Waals surface area contributed by atoms with Gasteiger partial charge in [0.05, 0.1) is 17.3 Å². The van der Waals surface area contributed by atoms with Gasteiger partial charge in [0.2, 0.25) is 5.91 Å². The van der Waals surface area contributed by atoms with Crippen molar-refractivity contribution in [1.82, 2.24) is 0 Å². The van der Waals surface area contributed by atoms with Crippen molar-refractivity contribution >= 4 is 43.7 Å². The van der Waals surface area contributed by atoms with Gasteiger partial charge in [0.25, 0.3) is 0 Å². The van der Waals surface area contributed by atoms with Crippen molar-refractivity contribution in [2.45, 2.75) is 49.5 Å².